The van der Waals surface area contributed by atoms with Crippen LogP contribution < -0.4 is 0 Å². The molecule has 3 heterocycles. The number of fused-ring (bicyclic) bond motifs is 1. The number of carbonyl (C=O) groups is 3. The highest BCUT2D eigenvalue weighted by Crippen LogP contribution is 2.43. The van der Waals surface area contributed by atoms with Crippen LogP contribution in [0.4, 0.5) is 4.79 Å². The quantitative estimate of drug-likeness (QED) is 0.731. The van der Waals surface area contributed by atoms with Gasteiger partial charge in [-0.2, -0.15) is 10.2 Å². The van der Waals surface area contributed by atoms with E-state index in [1.807, 2.05) is 6.92 Å². The van der Waals surface area contributed by atoms with Gasteiger partial charge in [0.15, 0.2) is 0 Å². The molecule has 132 valence electrons. The van der Waals surface area contributed by atoms with Crippen molar-refractivity contribution in [2.24, 2.45) is 16.1 Å². The number of piperazine rings is 1. The molecule has 1 spiro atoms. The van der Waals surface area contributed by atoms with Gasteiger partial charge >= 0.3 is 6.09 Å². The number of carbonyl (C=O) groups excluding carboxylic acids is 3. The highest BCUT2D eigenvalue weighted by Gasteiger charge is 2.65. The van der Waals surface area contributed by atoms with Gasteiger partial charge in [-0.15, -0.1) is 0 Å². The Kier molecular flexibility index (Phi) is 3.88. The molecule has 8 nitrogen and oxygen atoms in total. The standard InChI is InChI=1S/C16H24N4O4/c1-5-10-9-17-18-16(10)13(22)19-8-6-7-11(19)12(21)20(16)14(23)24-15(2,3)4/h10-11H,5-9H2,1-4H3/t10?,11-,16+/m0/s1. The highest BCUT2D eigenvalue weighted by atomic mass is 16.6. The van der Waals surface area contributed by atoms with Gasteiger partial charge in [-0.1, -0.05) is 6.92 Å². The first-order valence-corrected chi connectivity index (χ1v) is 8.49. The van der Waals surface area contributed by atoms with Gasteiger partial charge in [0.1, 0.15) is 11.6 Å². The summed E-state index contributed by atoms with van der Waals surface area (Å²) in [5.74, 6) is -1.02. The first-order chi connectivity index (χ1) is 11.2. The maximum absolute atomic E-state index is 13.2. The molecule has 3 atom stereocenters. The summed E-state index contributed by atoms with van der Waals surface area (Å²) >= 11 is 0. The lowest BCUT2D eigenvalue weighted by Crippen LogP contribution is -2.72. The van der Waals surface area contributed by atoms with Crippen molar-refractivity contribution in [3.8, 4) is 0 Å². The molecular formula is C16H24N4O4. The third kappa shape index (κ3) is 2.31. The molecule has 0 bridgehead atoms. The van der Waals surface area contributed by atoms with E-state index >= 15 is 0 Å². The van der Waals surface area contributed by atoms with Crippen molar-refractivity contribution in [2.45, 2.75) is 64.3 Å². The Balaban J connectivity index is 2.07. The van der Waals surface area contributed by atoms with Gasteiger partial charge in [0.25, 0.3) is 11.8 Å². The fourth-order valence-electron chi connectivity index (χ4n) is 3.74. The third-order valence-electron chi connectivity index (χ3n) is 4.84. The SMILES string of the molecule is CCC1CN=N[C@]12C(=O)N1CCC[C@H]1C(=O)N2C(=O)OC(C)(C)C. The minimum atomic E-state index is -1.57. The monoisotopic (exact) mass is 336 g/mol. The largest absolute Gasteiger partial charge is 0.443 e. The Bertz CT molecular complexity index is 612. The van der Waals surface area contributed by atoms with Gasteiger partial charge in [0, 0.05) is 12.5 Å². The molecule has 24 heavy (non-hydrogen) atoms. The minimum absolute atomic E-state index is 0.302. The second-order valence-corrected chi connectivity index (χ2v) is 7.57. The van der Waals surface area contributed by atoms with Crippen molar-refractivity contribution >= 4 is 17.9 Å². The Morgan fingerprint density at radius 1 is 1.38 bits per heavy atom. The number of imide groups is 1. The van der Waals surface area contributed by atoms with Crippen molar-refractivity contribution in [3.63, 3.8) is 0 Å². The Morgan fingerprint density at radius 3 is 2.71 bits per heavy atom. The zero-order valence-corrected chi connectivity index (χ0v) is 14.6. The maximum Gasteiger partial charge on any atom is 0.419 e. The first-order valence-electron chi connectivity index (χ1n) is 8.49. The summed E-state index contributed by atoms with van der Waals surface area (Å²) in [4.78, 5) is 41.5. The van der Waals surface area contributed by atoms with Crippen LogP contribution in [0.3, 0.4) is 0 Å². The average molecular weight is 336 g/mol. The van der Waals surface area contributed by atoms with E-state index in [-0.39, 0.29) is 11.8 Å². The van der Waals surface area contributed by atoms with Crippen LogP contribution in [0.1, 0.15) is 47.0 Å². The van der Waals surface area contributed by atoms with Gasteiger partial charge < -0.3 is 9.64 Å². The lowest BCUT2D eigenvalue weighted by atomic mass is 9.86. The molecule has 0 saturated carbocycles. The molecule has 0 aromatic heterocycles. The first kappa shape index (κ1) is 16.9. The summed E-state index contributed by atoms with van der Waals surface area (Å²) in [5.41, 5.74) is -2.35. The van der Waals surface area contributed by atoms with Crippen molar-refractivity contribution in [3.05, 3.63) is 0 Å². The molecule has 3 aliphatic rings. The molecule has 8 heteroatoms. The van der Waals surface area contributed by atoms with E-state index in [0.717, 1.165) is 11.3 Å². The number of ether oxygens (including phenoxy) is 1. The van der Waals surface area contributed by atoms with Gasteiger partial charge in [0.2, 0.25) is 5.66 Å². The summed E-state index contributed by atoms with van der Waals surface area (Å²) in [6, 6.07) is -0.594. The van der Waals surface area contributed by atoms with Crippen molar-refractivity contribution < 1.29 is 19.1 Å². The topological polar surface area (TPSA) is 91.6 Å². The molecule has 0 radical (unpaired) electrons. The van der Waals surface area contributed by atoms with Crippen LogP contribution in [0.15, 0.2) is 10.2 Å². The van der Waals surface area contributed by atoms with Crippen molar-refractivity contribution in [2.75, 3.05) is 13.1 Å². The van der Waals surface area contributed by atoms with Gasteiger partial charge in [-0.05, 0) is 40.0 Å². The van der Waals surface area contributed by atoms with E-state index < -0.39 is 29.3 Å². The second kappa shape index (κ2) is 5.53. The van der Waals surface area contributed by atoms with Crippen molar-refractivity contribution in [1.82, 2.24) is 9.80 Å². The van der Waals surface area contributed by atoms with Crippen LogP contribution in [0.25, 0.3) is 0 Å². The molecule has 2 fully saturated rings. The predicted octanol–water partition coefficient (Wildman–Crippen LogP) is 1.94. The summed E-state index contributed by atoms with van der Waals surface area (Å²) in [5, 5.41) is 8.16. The molecule has 1 unspecified atom stereocenters. The molecule has 0 aromatic carbocycles. The number of hydrogen-bond acceptors (Lipinski definition) is 6. The van der Waals surface area contributed by atoms with E-state index in [9.17, 15) is 14.4 Å². The number of azo groups is 1. The number of amides is 3. The van der Waals surface area contributed by atoms with Crippen LogP contribution in [0.2, 0.25) is 0 Å². The molecule has 3 rings (SSSR count). The molecule has 2 saturated heterocycles. The molecule has 3 amide bonds. The zero-order chi connectivity index (χ0) is 17.7. The number of hydrogen-bond donors (Lipinski definition) is 0. The summed E-state index contributed by atoms with van der Waals surface area (Å²) in [7, 11) is 0. The Hall–Kier alpha value is -1.99. The van der Waals surface area contributed by atoms with Crippen molar-refractivity contribution in [1.29, 1.82) is 0 Å². The van der Waals surface area contributed by atoms with E-state index in [1.165, 1.54) is 0 Å². The van der Waals surface area contributed by atoms with Crippen LogP contribution >= 0.6 is 0 Å². The average Bonchev–Trinajstić information content (AvgIpc) is 3.11. The van der Waals surface area contributed by atoms with Crippen LogP contribution in [-0.4, -0.2) is 58.1 Å². The zero-order valence-electron chi connectivity index (χ0n) is 14.6. The molecular weight excluding hydrogens is 312 g/mol. The van der Waals surface area contributed by atoms with Crippen LogP contribution in [0, 0.1) is 5.92 Å². The number of nitrogens with zero attached hydrogens (tertiary/aromatic N) is 4. The Morgan fingerprint density at radius 2 is 2.08 bits per heavy atom. The van der Waals surface area contributed by atoms with E-state index in [1.54, 1.807) is 25.7 Å². The molecule has 0 N–H and O–H groups in total. The smallest absolute Gasteiger partial charge is 0.419 e. The summed E-state index contributed by atoms with van der Waals surface area (Å²) in [6.07, 6.45) is 1.08. The summed E-state index contributed by atoms with van der Waals surface area (Å²) in [6.45, 7) is 7.93. The lowest BCUT2D eigenvalue weighted by molar-refractivity contribution is -0.169. The second-order valence-electron chi connectivity index (χ2n) is 7.57. The van der Waals surface area contributed by atoms with E-state index in [2.05, 4.69) is 10.2 Å². The van der Waals surface area contributed by atoms with Crippen LogP contribution in [0.5, 0.6) is 0 Å². The molecule has 3 aliphatic heterocycles. The predicted molar refractivity (Wildman–Crippen MR) is 84.1 cm³/mol. The molecule has 0 aromatic rings. The van der Waals surface area contributed by atoms with Gasteiger partial charge in [-0.25, -0.2) is 9.69 Å². The van der Waals surface area contributed by atoms with E-state index in [4.69, 9.17) is 4.74 Å². The minimum Gasteiger partial charge on any atom is -0.443 e. The summed E-state index contributed by atoms with van der Waals surface area (Å²) < 4.78 is 5.42. The normalized spacial score (nSPS) is 32.7. The maximum atomic E-state index is 13.2. The fourth-order valence-corrected chi connectivity index (χ4v) is 3.74. The Labute approximate surface area is 141 Å². The van der Waals surface area contributed by atoms with Crippen LogP contribution in [-0.2, 0) is 14.3 Å². The third-order valence-corrected chi connectivity index (χ3v) is 4.84. The lowest BCUT2D eigenvalue weighted by Gasteiger charge is -2.47. The van der Waals surface area contributed by atoms with E-state index in [0.29, 0.717) is 25.9 Å². The van der Waals surface area contributed by atoms with Gasteiger partial charge in [0.05, 0.1) is 6.54 Å². The highest BCUT2D eigenvalue weighted by molar-refractivity contribution is 6.07. The molecule has 0 aliphatic carbocycles. The fraction of sp³-hybridized carbons (Fsp3) is 0.812. The van der Waals surface area contributed by atoms with Gasteiger partial charge in [-0.3, -0.25) is 9.59 Å². The number of rotatable bonds is 1.